The largest absolute Gasteiger partial charge is 0.322 e. The van der Waals surface area contributed by atoms with E-state index in [-0.39, 0.29) is 5.82 Å². The summed E-state index contributed by atoms with van der Waals surface area (Å²) in [6, 6.07) is 5.06. The molecule has 1 aromatic carbocycles. The van der Waals surface area contributed by atoms with E-state index in [1.54, 1.807) is 12.1 Å². The van der Waals surface area contributed by atoms with Gasteiger partial charge in [0, 0.05) is 12.6 Å². The molecular formula is C13H15ClFN3. The van der Waals surface area contributed by atoms with Gasteiger partial charge in [0.1, 0.15) is 11.6 Å². The van der Waals surface area contributed by atoms with Crippen molar-refractivity contribution in [3.8, 4) is 0 Å². The lowest BCUT2D eigenvalue weighted by Gasteiger charge is -2.16. The van der Waals surface area contributed by atoms with Gasteiger partial charge in [-0.25, -0.2) is 9.37 Å². The summed E-state index contributed by atoms with van der Waals surface area (Å²) in [7, 11) is 2.10. The topological polar surface area (TPSA) is 21.1 Å². The van der Waals surface area contributed by atoms with Crippen LogP contribution in [0.5, 0.6) is 0 Å². The molecule has 0 N–H and O–H groups in total. The number of aromatic nitrogens is 2. The maximum atomic E-state index is 13.4. The van der Waals surface area contributed by atoms with Gasteiger partial charge in [-0.1, -0.05) is 0 Å². The van der Waals surface area contributed by atoms with Crippen LogP contribution in [-0.2, 0) is 5.88 Å². The van der Waals surface area contributed by atoms with E-state index in [1.807, 2.05) is 0 Å². The third kappa shape index (κ3) is 1.89. The fraction of sp³-hybridized carbons (Fsp3) is 0.462. The van der Waals surface area contributed by atoms with Crippen LogP contribution in [0.4, 0.5) is 4.39 Å². The zero-order valence-electron chi connectivity index (χ0n) is 10.2. The van der Waals surface area contributed by atoms with E-state index in [0.29, 0.717) is 11.9 Å². The first-order chi connectivity index (χ1) is 8.69. The van der Waals surface area contributed by atoms with Gasteiger partial charge >= 0.3 is 0 Å². The van der Waals surface area contributed by atoms with Crippen molar-refractivity contribution in [2.75, 3.05) is 20.1 Å². The molecule has 2 aromatic rings. The monoisotopic (exact) mass is 267 g/mol. The van der Waals surface area contributed by atoms with Gasteiger partial charge in [0.25, 0.3) is 0 Å². The fourth-order valence-electron chi connectivity index (χ4n) is 2.74. The molecule has 5 heteroatoms. The first-order valence-corrected chi connectivity index (χ1v) is 6.63. The summed E-state index contributed by atoms with van der Waals surface area (Å²) >= 11 is 5.97. The molecule has 1 atom stereocenters. The van der Waals surface area contributed by atoms with Crippen molar-refractivity contribution in [1.29, 1.82) is 0 Å². The van der Waals surface area contributed by atoms with Gasteiger partial charge < -0.3 is 9.47 Å². The molecule has 0 saturated carbocycles. The predicted octanol–water partition coefficient (Wildman–Crippen LogP) is 2.79. The summed E-state index contributed by atoms with van der Waals surface area (Å²) in [5.74, 6) is 0.963. The molecule has 1 fully saturated rings. The second kappa shape index (κ2) is 4.52. The van der Waals surface area contributed by atoms with Crippen LogP contribution in [0.15, 0.2) is 18.2 Å². The predicted molar refractivity (Wildman–Crippen MR) is 70.4 cm³/mol. The number of alkyl halides is 1. The number of nitrogens with zero attached hydrogens (tertiary/aromatic N) is 3. The van der Waals surface area contributed by atoms with Crippen molar-refractivity contribution in [2.45, 2.75) is 18.3 Å². The number of imidazole rings is 1. The van der Waals surface area contributed by atoms with Crippen LogP contribution in [0.25, 0.3) is 11.0 Å². The molecule has 96 valence electrons. The van der Waals surface area contributed by atoms with E-state index in [0.717, 1.165) is 36.4 Å². The quantitative estimate of drug-likeness (QED) is 0.780. The van der Waals surface area contributed by atoms with Gasteiger partial charge in [-0.05, 0) is 38.2 Å². The molecule has 1 saturated heterocycles. The minimum Gasteiger partial charge on any atom is -0.322 e. The lowest BCUT2D eigenvalue weighted by molar-refractivity contribution is 0.393. The number of hydrogen-bond acceptors (Lipinski definition) is 2. The van der Waals surface area contributed by atoms with Crippen molar-refractivity contribution in [2.24, 2.45) is 0 Å². The molecule has 1 aliphatic heterocycles. The highest BCUT2D eigenvalue weighted by Crippen LogP contribution is 2.28. The Bertz CT molecular complexity index is 581. The standard InChI is InChI=1S/C13H15ClFN3/c1-17-5-4-10(8-17)18-12-6-9(15)2-3-11(12)16-13(18)7-14/h2-3,6,10H,4-5,7-8H2,1H3. The first-order valence-electron chi connectivity index (χ1n) is 6.10. The average molecular weight is 268 g/mol. The van der Waals surface area contributed by atoms with Gasteiger partial charge in [-0.2, -0.15) is 0 Å². The first kappa shape index (κ1) is 11.9. The van der Waals surface area contributed by atoms with Gasteiger partial charge in [-0.15, -0.1) is 11.6 Å². The van der Waals surface area contributed by atoms with Crippen LogP contribution >= 0.6 is 11.6 Å². The van der Waals surface area contributed by atoms with E-state index in [9.17, 15) is 4.39 Å². The minimum atomic E-state index is -0.226. The van der Waals surface area contributed by atoms with E-state index in [4.69, 9.17) is 11.6 Å². The summed E-state index contributed by atoms with van der Waals surface area (Å²) in [5.41, 5.74) is 1.67. The molecule has 0 aliphatic carbocycles. The van der Waals surface area contributed by atoms with Crippen molar-refractivity contribution in [3.05, 3.63) is 29.8 Å². The number of likely N-dealkylation sites (tertiary alicyclic amines) is 1. The molecule has 18 heavy (non-hydrogen) atoms. The van der Waals surface area contributed by atoms with Crippen LogP contribution in [0.1, 0.15) is 18.3 Å². The van der Waals surface area contributed by atoms with Gasteiger partial charge in [-0.3, -0.25) is 0 Å². The molecule has 0 spiro atoms. The minimum absolute atomic E-state index is 0.226. The summed E-state index contributed by atoms with van der Waals surface area (Å²) in [6.45, 7) is 2.02. The summed E-state index contributed by atoms with van der Waals surface area (Å²) in [5, 5.41) is 0. The molecule has 0 bridgehead atoms. The Morgan fingerprint density at radius 2 is 2.33 bits per heavy atom. The number of hydrogen-bond donors (Lipinski definition) is 0. The Kier molecular flexibility index (Phi) is 2.99. The SMILES string of the molecule is CN1CCC(n2c(CCl)nc3ccc(F)cc32)C1. The molecular weight excluding hydrogens is 253 g/mol. The van der Waals surface area contributed by atoms with E-state index in [2.05, 4.69) is 21.5 Å². The lowest BCUT2D eigenvalue weighted by Crippen LogP contribution is -2.17. The van der Waals surface area contributed by atoms with Crippen molar-refractivity contribution in [1.82, 2.24) is 14.5 Å². The number of halogens is 2. The van der Waals surface area contributed by atoms with Crippen LogP contribution in [0, 0.1) is 5.82 Å². The molecule has 1 unspecified atom stereocenters. The second-order valence-corrected chi connectivity index (χ2v) is 5.14. The number of fused-ring (bicyclic) bond motifs is 1. The summed E-state index contributed by atoms with van der Waals surface area (Å²) < 4.78 is 15.5. The number of rotatable bonds is 2. The molecule has 2 heterocycles. The van der Waals surface area contributed by atoms with Crippen molar-refractivity contribution in [3.63, 3.8) is 0 Å². The zero-order chi connectivity index (χ0) is 12.7. The van der Waals surface area contributed by atoms with Crippen LogP contribution < -0.4 is 0 Å². The highest BCUT2D eigenvalue weighted by molar-refractivity contribution is 6.16. The maximum Gasteiger partial charge on any atom is 0.125 e. The Hall–Kier alpha value is -1.13. The van der Waals surface area contributed by atoms with Gasteiger partial charge in [0.15, 0.2) is 0 Å². The zero-order valence-corrected chi connectivity index (χ0v) is 11.0. The third-order valence-electron chi connectivity index (χ3n) is 3.58. The second-order valence-electron chi connectivity index (χ2n) is 4.87. The molecule has 1 aliphatic rings. The van der Waals surface area contributed by atoms with Gasteiger partial charge in [0.2, 0.25) is 0 Å². The Balaban J connectivity index is 2.15. The highest BCUT2D eigenvalue weighted by atomic mass is 35.5. The third-order valence-corrected chi connectivity index (χ3v) is 3.81. The van der Waals surface area contributed by atoms with Crippen LogP contribution in [-0.4, -0.2) is 34.6 Å². The average Bonchev–Trinajstić information content (AvgIpc) is 2.91. The Morgan fingerprint density at radius 1 is 1.50 bits per heavy atom. The number of likely N-dealkylation sites (N-methyl/N-ethyl adjacent to an activating group) is 1. The maximum absolute atomic E-state index is 13.4. The smallest absolute Gasteiger partial charge is 0.125 e. The van der Waals surface area contributed by atoms with Crippen LogP contribution in [0.3, 0.4) is 0 Å². The van der Waals surface area contributed by atoms with Crippen molar-refractivity contribution >= 4 is 22.6 Å². The van der Waals surface area contributed by atoms with E-state index in [1.165, 1.54) is 6.07 Å². The molecule has 3 nitrogen and oxygen atoms in total. The fourth-order valence-corrected chi connectivity index (χ4v) is 2.93. The Labute approximate surface area is 110 Å². The highest BCUT2D eigenvalue weighted by Gasteiger charge is 2.25. The molecule has 0 radical (unpaired) electrons. The summed E-state index contributed by atoms with van der Waals surface area (Å²) in [4.78, 5) is 6.76. The van der Waals surface area contributed by atoms with Crippen LogP contribution in [0.2, 0.25) is 0 Å². The lowest BCUT2D eigenvalue weighted by atomic mass is 10.2. The van der Waals surface area contributed by atoms with Gasteiger partial charge in [0.05, 0.1) is 16.9 Å². The molecule has 0 amide bonds. The molecule has 1 aromatic heterocycles. The normalized spacial score (nSPS) is 20.9. The number of benzene rings is 1. The summed E-state index contributed by atoms with van der Waals surface area (Å²) in [6.07, 6.45) is 1.06. The molecule has 3 rings (SSSR count). The van der Waals surface area contributed by atoms with Crippen molar-refractivity contribution < 1.29 is 4.39 Å². The Morgan fingerprint density at radius 3 is 3.00 bits per heavy atom. The van der Waals surface area contributed by atoms with E-state index < -0.39 is 0 Å². The van der Waals surface area contributed by atoms with E-state index >= 15 is 0 Å².